The maximum atomic E-state index is 12.5. The van der Waals surface area contributed by atoms with Gasteiger partial charge in [-0.1, -0.05) is 35.9 Å². The first-order chi connectivity index (χ1) is 12.2. The molecule has 4 nitrogen and oxygen atoms in total. The van der Waals surface area contributed by atoms with Crippen molar-refractivity contribution in [3.8, 4) is 5.75 Å². The van der Waals surface area contributed by atoms with Crippen LogP contribution >= 0.6 is 11.6 Å². The monoisotopic (exact) mass is 358 g/mol. The van der Waals surface area contributed by atoms with Crippen molar-refractivity contribution in [3.63, 3.8) is 0 Å². The zero-order chi connectivity index (χ0) is 17.3. The van der Waals surface area contributed by atoms with Gasteiger partial charge in [0.05, 0.1) is 0 Å². The van der Waals surface area contributed by atoms with Crippen molar-refractivity contribution in [3.05, 3.63) is 41.4 Å². The molecule has 132 valence electrons. The summed E-state index contributed by atoms with van der Waals surface area (Å²) in [5, 5.41) is 6.04. The zero-order valence-electron chi connectivity index (χ0n) is 14.3. The Labute approximate surface area is 153 Å². The number of rotatable bonds is 3. The SMILES string of the molecule is O=C(COc1ccc(Cl)c2ccccc12)N1CCC2(CCNC2)CC1. The first-order valence-electron chi connectivity index (χ1n) is 8.95. The van der Waals surface area contributed by atoms with E-state index in [0.29, 0.717) is 16.2 Å². The Kier molecular flexibility index (Phi) is 4.57. The van der Waals surface area contributed by atoms with Crippen LogP contribution in [0.1, 0.15) is 19.3 Å². The molecule has 0 aromatic heterocycles. The molecule has 4 rings (SSSR count). The number of likely N-dealkylation sites (tertiary alicyclic amines) is 1. The quantitative estimate of drug-likeness (QED) is 0.913. The number of amides is 1. The molecule has 0 radical (unpaired) electrons. The Bertz CT molecular complexity index is 776. The Morgan fingerprint density at radius 1 is 1.12 bits per heavy atom. The average molecular weight is 359 g/mol. The van der Waals surface area contributed by atoms with E-state index >= 15 is 0 Å². The van der Waals surface area contributed by atoms with Crippen molar-refractivity contribution in [2.24, 2.45) is 5.41 Å². The fraction of sp³-hybridized carbons (Fsp3) is 0.450. The zero-order valence-corrected chi connectivity index (χ0v) is 15.0. The fourth-order valence-corrected chi connectivity index (χ4v) is 4.27. The van der Waals surface area contributed by atoms with Gasteiger partial charge in [-0.3, -0.25) is 4.79 Å². The molecule has 2 heterocycles. The Morgan fingerprint density at radius 3 is 2.60 bits per heavy atom. The topological polar surface area (TPSA) is 41.6 Å². The lowest BCUT2D eigenvalue weighted by Gasteiger charge is -2.38. The number of hydrogen-bond donors (Lipinski definition) is 1. The minimum absolute atomic E-state index is 0.0693. The standard InChI is InChI=1S/C20H23ClN2O2/c21-17-5-6-18(16-4-2-1-3-15(16)17)25-13-19(24)23-11-8-20(9-12-23)7-10-22-14-20/h1-6,22H,7-14H2. The average Bonchev–Trinajstić information content (AvgIpc) is 3.10. The van der Waals surface area contributed by atoms with Crippen LogP contribution in [0.2, 0.25) is 5.02 Å². The number of hydrogen-bond acceptors (Lipinski definition) is 3. The summed E-state index contributed by atoms with van der Waals surface area (Å²) in [6.45, 7) is 3.97. The number of carbonyl (C=O) groups excluding carboxylic acids is 1. The minimum Gasteiger partial charge on any atom is -0.483 e. The first kappa shape index (κ1) is 16.7. The smallest absolute Gasteiger partial charge is 0.260 e. The lowest BCUT2D eigenvalue weighted by Crippen LogP contribution is -2.45. The van der Waals surface area contributed by atoms with Crippen LogP contribution in [0.5, 0.6) is 5.75 Å². The highest BCUT2D eigenvalue weighted by atomic mass is 35.5. The summed E-state index contributed by atoms with van der Waals surface area (Å²) in [6.07, 6.45) is 3.42. The van der Waals surface area contributed by atoms with Crippen molar-refractivity contribution in [1.29, 1.82) is 0 Å². The van der Waals surface area contributed by atoms with Crippen LogP contribution in [0.15, 0.2) is 36.4 Å². The Hall–Kier alpha value is -1.78. The number of fused-ring (bicyclic) bond motifs is 1. The summed E-state index contributed by atoms with van der Waals surface area (Å²) in [6, 6.07) is 11.5. The van der Waals surface area contributed by atoms with E-state index in [4.69, 9.17) is 16.3 Å². The summed E-state index contributed by atoms with van der Waals surface area (Å²) in [5.41, 5.74) is 0.421. The van der Waals surface area contributed by atoms with Gasteiger partial charge in [0.25, 0.3) is 5.91 Å². The van der Waals surface area contributed by atoms with E-state index in [0.717, 1.165) is 49.8 Å². The number of ether oxygens (including phenoxy) is 1. The number of halogens is 1. The van der Waals surface area contributed by atoms with E-state index in [1.54, 1.807) is 0 Å². The van der Waals surface area contributed by atoms with Crippen molar-refractivity contribution in [2.75, 3.05) is 32.8 Å². The molecule has 0 unspecified atom stereocenters. The van der Waals surface area contributed by atoms with Gasteiger partial charge in [-0.25, -0.2) is 0 Å². The molecule has 1 N–H and O–H groups in total. The third kappa shape index (κ3) is 3.33. The second-order valence-electron chi connectivity index (χ2n) is 7.19. The van der Waals surface area contributed by atoms with Crippen molar-refractivity contribution >= 4 is 28.3 Å². The molecule has 0 aliphatic carbocycles. The molecule has 0 saturated carbocycles. The molecule has 0 atom stereocenters. The third-order valence-electron chi connectivity index (χ3n) is 5.69. The summed E-state index contributed by atoms with van der Waals surface area (Å²) in [4.78, 5) is 14.5. The molecule has 1 amide bonds. The number of nitrogens with zero attached hydrogens (tertiary/aromatic N) is 1. The summed E-state index contributed by atoms with van der Waals surface area (Å²) in [5.74, 6) is 0.779. The van der Waals surface area contributed by atoms with Crippen LogP contribution in [-0.2, 0) is 4.79 Å². The van der Waals surface area contributed by atoms with Gasteiger partial charge in [0.15, 0.2) is 6.61 Å². The second kappa shape index (κ2) is 6.85. The second-order valence-corrected chi connectivity index (χ2v) is 7.59. The van der Waals surface area contributed by atoms with Gasteiger partial charge in [-0.15, -0.1) is 0 Å². The summed E-state index contributed by atoms with van der Waals surface area (Å²) >= 11 is 6.24. The highest BCUT2D eigenvalue weighted by Crippen LogP contribution is 2.37. The molecule has 2 aliphatic rings. The fourth-order valence-electron chi connectivity index (χ4n) is 4.04. The first-order valence-corrected chi connectivity index (χ1v) is 9.33. The van der Waals surface area contributed by atoms with Crippen LogP contribution in [0.4, 0.5) is 0 Å². The Balaban J connectivity index is 1.39. The number of nitrogens with one attached hydrogen (secondary N) is 1. The highest BCUT2D eigenvalue weighted by Gasteiger charge is 2.38. The molecule has 0 bridgehead atoms. The maximum Gasteiger partial charge on any atom is 0.260 e. The Morgan fingerprint density at radius 2 is 1.88 bits per heavy atom. The van der Waals surface area contributed by atoms with Crippen LogP contribution in [-0.4, -0.2) is 43.6 Å². The molecule has 2 saturated heterocycles. The summed E-state index contributed by atoms with van der Waals surface area (Å²) in [7, 11) is 0. The largest absolute Gasteiger partial charge is 0.483 e. The molecular formula is C20H23ClN2O2. The normalized spacial score (nSPS) is 19.5. The van der Waals surface area contributed by atoms with Gasteiger partial charge >= 0.3 is 0 Å². The van der Waals surface area contributed by atoms with Crippen LogP contribution in [0, 0.1) is 5.41 Å². The number of benzene rings is 2. The predicted molar refractivity (Wildman–Crippen MR) is 100 cm³/mol. The molecule has 2 aromatic carbocycles. The van der Waals surface area contributed by atoms with Gasteiger partial charge in [0.1, 0.15) is 5.75 Å². The van der Waals surface area contributed by atoms with Crippen molar-refractivity contribution in [1.82, 2.24) is 10.2 Å². The van der Waals surface area contributed by atoms with E-state index in [1.165, 1.54) is 6.42 Å². The number of piperidine rings is 1. The van der Waals surface area contributed by atoms with Crippen LogP contribution in [0.25, 0.3) is 10.8 Å². The van der Waals surface area contributed by atoms with Gasteiger partial charge in [-0.05, 0) is 43.4 Å². The van der Waals surface area contributed by atoms with E-state index in [-0.39, 0.29) is 12.5 Å². The molecule has 5 heteroatoms. The van der Waals surface area contributed by atoms with E-state index < -0.39 is 0 Å². The molecule has 2 aliphatic heterocycles. The van der Waals surface area contributed by atoms with Crippen molar-refractivity contribution in [2.45, 2.75) is 19.3 Å². The van der Waals surface area contributed by atoms with Crippen LogP contribution in [0.3, 0.4) is 0 Å². The van der Waals surface area contributed by atoms with Gasteiger partial charge in [0.2, 0.25) is 0 Å². The highest BCUT2D eigenvalue weighted by molar-refractivity contribution is 6.35. The number of carbonyl (C=O) groups is 1. The third-order valence-corrected chi connectivity index (χ3v) is 6.02. The van der Waals surface area contributed by atoms with E-state index in [9.17, 15) is 4.79 Å². The molecule has 2 fully saturated rings. The molecular weight excluding hydrogens is 336 g/mol. The predicted octanol–water partition coefficient (Wildman–Crippen LogP) is 3.47. The molecule has 1 spiro atoms. The molecule has 2 aromatic rings. The van der Waals surface area contributed by atoms with Gasteiger partial charge in [-0.2, -0.15) is 0 Å². The maximum absolute atomic E-state index is 12.5. The van der Waals surface area contributed by atoms with E-state index in [1.807, 2.05) is 41.3 Å². The lowest BCUT2D eigenvalue weighted by atomic mass is 9.78. The van der Waals surface area contributed by atoms with Crippen molar-refractivity contribution < 1.29 is 9.53 Å². The molecule has 25 heavy (non-hydrogen) atoms. The van der Waals surface area contributed by atoms with Gasteiger partial charge < -0.3 is 15.0 Å². The summed E-state index contributed by atoms with van der Waals surface area (Å²) < 4.78 is 5.84. The van der Waals surface area contributed by atoms with Crippen LogP contribution < -0.4 is 10.1 Å². The van der Waals surface area contributed by atoms with Gasteiger partial charge in [0, 0.05) is 35.4 Å². The van der Waals surface area contributed by atoms with E-state index in [2.05, 4.69) is 5.32 Å². The lowest BCUT2D eigenvalue weighted by molar-refractivity contribution is -0.135. The minimum atomic E-state index is 0.0693.